The Morgan fingerprint density at radius 1 is 1.33 bits per heavy atom. The van der Waals surface area contributed by atoms with Crippen molar-refractivity contribution < 1.29 is 0 Å². The van der Waals surface area contributed by atoms with Gasteiger partial charge in [0.1, 0.15) is 5.82 Å². The molecule has 0 bridgehead atoms. The van der Waals surface area contributed by atoms with Gasteiger partial charge in [-0.15, -0.1) is 0 Å². The predicted molar refractivity (Wildman–Crippen MR) is 82.7 cm³/mol. The molecule has 1 aromatic rings. The SMILES string of the molecule is NCC(Nc1ncc(Br)cc1Br)C1CCCCC1. The first-order chi connectivity index (χ1) is 8.70. The molecule has 0 radical (unpaired) electrons. The molecule has 3 N–H and O–H groups in total. The molecule has 0 spiro atoms. The Hall–Kier alpha value is -0.130. The fourth-order valence-electron chi connectivity index (χ4n) is 2.60. The number of halogens is 2. The lowest BCUT2D eigenvalue weighted by Gasteiger charge is -2.30. The molecule has 1 saturated carbocycles. The van der Waals surface area contributed by atoms with Gasteiger partial charge in [0.05, 0.1) is 4.47 Å². The Morgan fingerprint density at radius 3 is 2.67 bits per heavy atom. The van der Waals surface area contributed by atoms with Gasteiger partial charge < -0.3 is 11.1 Å². The molecule has 0 amide bonds. The second-order valence-corrected chi connectivity index (χ2v) is 6.64. The van der Waals surface area contributed by atoms with Crippen LogP contribution in [-0.4, -0.2) is 17.6 Å². The van der Waals surface area contributed by atoms with Gasteiger partial charge in [-0.1, -0.05) is 19.3 Å². The molecule has 5 heteroatoms. The van der Waals surface area contributed by atoms with Crippen LogP contribution in [0.3, 0.4) is 0 Å². The van der Waals surface area contributed by atoms with Crippen molar-refractivity contribution in [1.82, 2.24) is 4.98 Å². The van der Waals surface area contributed by atoms with Crippen LogP contribution in [0.5, 0.6) is 0 Å². The minimum atomic E-state index is 0.329. The van der Waals surface area contributed by atoms with E-state index in [1.165, 1.54) is 32.1 Å². The maximum absolute atomic E-state index is 5.92. The van der Waals surface area contributed by atoms with E-state index >= 15 is 0 Å². The minimum Gasteiger partial charge on any atom is -0.365 e. The zero-order valence-electron chi connectivity index (χ0n) is 10.3. The maximum atomic E-state index is 5.92. The molecule has 1 atom stereocenters. The first-order valence-corrected chi connectivity index (χ1v) is 8.07. The number of nitrogens with two attached hydrogens (primary N) is 1. The number of anilines is 1. The van der Waals surface area contributed by atoms with Crippen LogP contribution in [0, 0.1) is 5.92 Å². The van der Waals surface area contributed by atoms with Crippen molar-refractivity contribution >= 4 is 37.7 Å². The monoisotopic (exact) mass is 375 g/mol. The summed E-state index contributed by atoms with van der Waals surface area (Å²) in [6.07, 6.45) is 8.40. The Morgan fingerprint density at radius 2 is 2.06 bits per heavy atom. The highest BCUT2D eigenvalue weighted by Gasteiger charge is 2.23. The average Bonchev–Trinajstić information content (AvgIpc) is 2.39. The fraction of sp³-hybridized carbons (Fsp3) is 0.615. The van der Waals surface area contributed by atoms with E-state index < -0.39 is 0 Å². The third-order valence-electron chi connectivity index (χ3n) is 3.60. The van der Waals surface area contributed by atoms with Gasteiger partial charge in [0.25, 0.3) is 0 Å². The quantitative estimate of drug-likeness (QED) is 0.836. The van der Waals surface area contributed by atoms with E-state index in [2.05, 4.69) is 42.2 Å². The average molecular weight is 377 g/mol. The van der Waals surface area contributed by atoms with E-state index in [9.17, 15) is 0 Å². The van der Waals surface area contributed by atoms with Gasteiger partial charge in [-0.2, -0.15) is 0 Å². The van der Waals surface area contributed by atoms with Crippen molar-refractivity contribution in [2.75, 3.05) is 11.9 Å². The molecule has 1 fully saturated rings. The van der Waals surface area contributed by atoms with E-state index in [1.807, 2.05) is 12.3 Å². The van der Waals surface area contributed by atoms with Crippen LogP contribution >= 0.6 is 31.9 Å². The highest BCUT2D eigenvalue weighted by atomic mass is 79.9. The van der Waals surface area contributed by atoms with Crippen LogP contribution < -0.4 is 11.1 Å². The van der Waals surface area contributed by atoms with Crippen molar-refractivity contribution in [2.24, 2.45) is 11.7 Å². The summed E-state index contributed by atoms with van der Waals surface area (Å²) in [6.45, 7) is 0.662. The molecular formula is C13H19Br2N3. The molecule has 1 aliphatic carbocycles. The summed E-state index contributed by atoms with van der Waals surface area (Å²) in [5, 5.41) is 3.49. The zero-order valence-corrected chi connectivity index (χ0v) is 13.5. The summed E-state index contributed by atoms with van der Waals surface area (Å²) in [5.41, 5.74) is 5.92. The first kappa shape index (κ1) is 14.3. The van der Waals surface area contributed by atoms with Crippen molar-refractivity contribution in [3.63, 3.8) is 0 Å². The lowest BCUT2D eigenvalue weighted by atomic mass is 9.84. The molecule has 2 rings (SSSR count). The maximum Gasteiger partial charge on any atom is 0.140 e. The van der Waals surface area contributed by atoms with Crippen LogP contribution in [0.15, 0.2) is 21.2 Å². The molecule has 1 aliphatic rings. The van der Waals surface area contributed by atoms with Gasteiger partial charge in [0, 0.05) is 23.3 Å². The van der Waals surface area contributed by atoms with Crippen LogP contribution in [0.4, 0.5) is 5.82 Å². The summed E-state index contributed by atoms with van der Waals surface area (Å²) in [4.78, 5) is 4.40. The number of pyridine rings is 1. The summed E-state index contributed by atoms with van der Waals surface area (Å²) in [6, 6.07) is 2.33. The molecule has 1 aromatic heterocycles. The predicted octanol–water partition coefficient (Wildman–Crippen LogP) is 3.93. The molecule has 0 aliphatic heterocycles. The topological polar surface area (TPSA) is 50.9 Å². The lowest BCUT2D eigenvalue weighted by molar-refractivity contribution is 0.320. The Balaban J connectivity index is 2.04. The Labute approximate surface area is 125 Å². The highest BCUT2D eigenvalue weighted by molar-refractivity contribution is 9.11. The van der Waals surface area contributed by atoms with E-state index in [-0.39, 0.29) is 0 Å². The summed E-state index contributed by atoms with van der Waals surface area (Å²) in [5.74, 6) is 1.57. The summed E-state index contributed by atoms with van der Waals surface area (Å²) < 4.78 is 1.95. The normalized spacial score (nSPS) is 18.6. The van der Waals surface area contributed by atoms with Gasteiger partial charge in [0.2, 0.25) is 0 Å². The number of nitrogens with one attached hydrogen (secondary N) is 1. The van der Waals surface area contributed by atoms with Crippen molar-refractivity contribution in [3.8, 4) is 0 Å². The van der Waals surface area contributed by atoms with Gasteiger partial charge >= 0.3 is 0 Å². The number of rotatable bonds is 4. The third kappa shape index (κ3) is 3.68. The van der Waals surface area contributed by atoms with Crippen LogP contribution in [0.25, 0.3) is 0 Å². The fourth-order valence-corrected chi connectivity index (χ4v) is 3.70. The molecule has 1 heterocycles. The number of hydrogen-bond donors (Lipinski definition) is 2. The molecule has 18 heavy (non-hydrogen) atoms. The number of hydrogen-bond acceptors (Lipinski definition) is 3. The zero-order chi connectivity index (χ0) is 13.0. The van der Waals surface area contributed by atoms with E-state index in [0.29, 0.717) is 18.5 Å². The third-order valence-corrected chi connectivity index (χ3v) is 4.64. The minimum absolute atomic E-state index is 0.329. The van der Waals surface area contributed by atoms with Crippen molar-refractivity contribution in [2.45, 2.75) is 38.1 Å². The standard InChI is InChI=1S/C13H19Br2N3/c14-10-6-11(15)13(17-8-10)18-12(7-16)9-4-2-1-3-5-9/h6,8-9,12H,1-5,7,16H2,(H,17,18). The van der Waals surface area contributed by atoms with E-state index in [0.717, 1.165) is 14.8 Å². The van der Waals surface area contributed by atoms with Crippen LogP contribution in [-0.2, 0) is 0 Å². The lowest BCUT2D eigenvalue weighted by Crippen LogP contribution is -2.37. The van der Waals surface area contributed by atoms with Gasteiger partial charge in [-0.05, 0) is 56.7 Å². The van der Waals surface area contributed by atoms with E-state index in [4.69, 9.17) is 5.73 Å². The van der Waals surface area contributed by atoms with Crippen LogP contribution in [0.2, 0.25) is 0 Å². The number of aromatic nitrogens is 1. The van der Waals surface area contributed by atoms with Crippen LogP contribution in [0.1, 0.15) is 32.1 Å². The highest BCUT2D eigenvalue weighted by Crippen LogP contribution is 2.30. The largest absolute Gasteiger partial charge is 0.365 e. The molecule has 0 aromatic carbocycles. The number of nitrogens with zero attached hydrogens (tertiary/aromatic N) is 1. The Bertz CT molecular complexity index is 392. The Kier molecular flexibility index (Phi) is 5.45. The molecule has 0 saturated heterocycles. The van der Waals surface area contributed by atoms with Gasteiger partial charge in [-0.3, -0.25) is 0 Å². The van der Waals surface area contributed by atoms with E-state index in [1.54, 1.807) is 0 Å². The van der Waals surface area contributed by atoms with Gasteiger partial charge in [0.15, 0.2) is 0 Å². The summed E-state index contributed by atoms with van der Waals surface area (Å²) in [7, 11) is 0. The summed E-state index contributed by atoms with van der Waals surface area (Å²) >= 11 is 6.94. The van der Waals surface area contributed by atoms with Crippen molar-refractivity contribution in [3.05, 3.63) is 21.2 Å². The molecule has 100 valence electrons. The van der Waals surface area contributed by atoms with Crippen molar-refractivity contribution in [1.29, 1.82) is 0 Å². The molecule has 1 unspecified atom stereocenters. The molecular weight excluding hydrogens is 358 g/mol. The first-order valence-electron chi connectivity index (χ1n) is 6.48. The van der Waals surface area contributed by atoms with Gasteiger partial charge in [-0.25, -0.2) is 4.98 Å². The smallest absolute Gasteiger partial charge is 0.140 e. The molecule has 3 nitrogen and oxygen atoms in total. The second kappa shape index (κ2) is 6.87. The second-order valence-electron chi connectivity index (χ2n) is 4.87.